The Bertz CT molecular complexity index is 137. The van der Waals surface area contributed by atoms with E-state index in [-0.39, 0.29) is 6.42 Å². The van der Waals surface area contributed by atoms with Crippen molar-refractivity contribution in [1.82, 2.24) is 0 Å². The van der Waals surface area contributed by atoms with Gasteiger partial charge in [0.05, 0.1) is 0 Å². The van der Waals surface area contributed by atoms with Gasteiger partial charge in [-0.15, -0.1) is 6.42 Å². The highest BCUT2D eigenvalue weighted by molar-refractivity contribution is 4.85. The van der Waals surface area contributed by atoms with Gasteiger partial charge in [0.1, 0.15) is 0 Å². The molecule has 14 heavy (non-hydrogen) atoms. The molecule has 0 aromatic heterocycles. The first-order valence-electron chi connectivity index (χ1n) is 4.75. The molecule has 0 aliphatic rings. The zero-order valence-electron chi connectivity index (χ0n) is 8.19. The van der Waals surface area contributed by atoms with E-state index in [1.807, 2.05) is 6.92 Å². The highest BCUT2D eigenvalue weighted by Crippen LogP contribution is 2.32. The minimum absolute atomic E-state index is 0.309. The van der Waals surface area contributed by atoms with Crippen molar-refractivity contribution < 1.29 is 23.3 Å². The molecular formula is C9H15F3O2-. The van der Waals surface area contributed by atoms with Crippen molar-refractivity contribution in [2.75, 3.05) is 0 Å². The SMILES string of the molecule is CCCCCCC[C-](O[O])C(F)(F)F. The van der Waals surface area contributed by atoms with E-state index in [2.05, 4.69) is 4.89 Å². The molecule has 0 N–H and O–H groups in total. The number of rotatable bonds is 7. The number of alkyl halides is 3. The molecule has 0 bridgehead atoms. The summed E-state index contributed by atoms with van der Waals surface area (Å²) in [6.45, 7) is 2.02. The van der Waals surface area contributed by atoms with Gasteiger partial charge in [0.2, 0.25) is 0 Å². The average Bonchev–Trinajstić information content (AvgIpc) is 2.09. The van der Waals surface area contributed by atoms with Gasteiger partial charge in [-0.2, -0.15) is 0 Å². The smallest absolute Gasteiger partial charge is 0.297 e. The molecule has 2 nitrogen and oxygen atoms in total. The van der Waals surface area contributed by atoms with Gasteiger partial charge in [-0.05, 0) is 0 Å². The molecule has 85 valence electrons. The van der Waals surface area contributed by atoms with Crippen molar-refractivity contribution >= 4 is 0 Å². The molecule has 0 fully saturated rings. The molecule has 0 aromatic carbocycles. The lowest BCUT2D eigenvalue weighted by Gasteiger charge is -2.28. The summed E-state index contributed by atoms with van der Waals surface area (Å²) in [6.07, 6.45) is -2.21. The molecule has 0 aliphatic carbocycles. The largest absolute Gasteiger partial charge is 0.368 e. The van der Waals surface area contributed by atoms with Crippen LogP contribution in [0.1, 0.15) is 45.4 Å². The molecule has 0 aliphatic heterocycles. The highest BCUT2D eigenvalue weighted by Gasteiger charge is 2.27. The van der Waals surface area contributed by atoms with Crippen molar-refractivity contribution in [3.8, 4) is 0 Å². The Balaban J connectivity index is 3.54. The van der Waals surface area contributed by atoms with E-state index in [1.54, 1.807) is 0 Å². The lowest BCUT2D eigenvalue weighted by Crippen LogP contribution is -2.21. The first kappa shape index (κ1) is 13.7. The van der Waals surface area contributed by atoms with E-state index in [9.17, 15) is 18.4 Å². The van der Waals surface area contributed by atoms with Gasteiger partial charge in [-0.25, -0.2) is 13.2 Å². The maximum absolute atomic E-state index is 11.9. The number of hydrogen-bond acceptors (Lipinski definition) is 1. The fourth-order valence-electron chi connectivity index (χ4n) is 1.12. The molecular weight excluding hydrogens is 197 g/mol. The summed E-state index contributed by atoms with van der Waals surface area (Å²) >= 11 is 0. The molecule has 0 saturated carbocycles. The summed E-state index contributed by atoms with van der Waals surface area (Å²) in [5.74, 6) is 0. The quantitative estimate of drug-likeness (QED) is 0.273. The second-order valence-corrected chi connectivity index (χ2v) is 3.17. The Labute approximate surface area is 82.0 Å². The van der Waals surface area contributed by atoms with E-state index in [0.29, 0.717) is 12.8 Å². The fraction of sp³-hybridized carbons (Fsp3) is 0.889. The van der Waals surface area contributed by atoms with Crippen molar-refractivity contribution in [2.45, 2.75) is 51.6 Å². The maximum atomic E-state index is 11.9. The maximum Gasteiger partial charge on any atom is 0.297 e. The van der Waals surface area contributed by atoms with E-state index in [1.165, 1.54) is 0 Å². The monoisotopic (exact) mass is 212 g/mol. The molecule has 0 saturated heterocycles. The molecule has 0 aromatic rings. The topological polar surface area (TPSA) is 29.1 Å². The first-order chi connectivity index (χ1) is 6.52. The van der Waals surface area contributed by atoms with Crippen molar-refractivity contribution in [1.29, 1.82) is 0 Å². The van der Waals surface area contributed by atoms with Crippen molar-refractivity contribution in [3.63, 3.8) is 0 Å². The highest BCUT2D eigenvalue weighted by atomic mass is 19.4. The predicted octanol–water partition coefficient (Wildman–Crippen LogP) is 3.80. The second-order valence-electron chi connectivity index (χ2n) is 3.17. The first-order valence-corrected chi connectivity index (χ1v) is 4.75. The van der Waals surface area contributed by atoms with Crippen LogP contribution in [-0.4, -0.2) is 6.18 Å². The summed E-state index contributed by atoms with van der Waals surface area (Å²) in [5, 5.41) is 9.74. The molecule has 0 atom stereocenters. The number of hydrogen-bond donors (Lipinski definition) is 0. The predicted molar refractivity (Wildman–Crippen MR) is 44.4 cm³/mol. The van der Waals surface area contributed by atoms with Crippen LogP contribution in [0, 0.1) is 6.10 Å². The lowest BCUT2D eigenvalue weighted by molar-refractivity contribution is -0.343. The molecule has 1 radical (unpaired) electrons. The van der Waals surface area contributed by atoms with Crippen LogP contribution in [0.5, 0.6) is 0 Å². The molecule has 0 rings (SSSR count). The summed E-state index contributed by atoms with van der Waals surface area (Å²) in [6, 6.07) is 0. The van der Waals surface area contributed by atoms with Crippen LogP contribution in [0.4, 0.5) is 13.2 Å². The van der Waals surface area contributed by atoms with E-state index in [0.717, 1.165) is 19.3 Å². The Hall–Kier alpha value is -0.290. The Morgan fingerprint density at radius 2 is 1.71 bits per heavy atom. The van der Waals surface area contributed by atoms with Gasteiger partial charge in [-0.3, -0.25) is 0 Å². The van der Waals surface area contributed by atoms with Crippen molar-refractivity contribution in [3.05, 3.63) is 6.10 Å². The number of halogens is 3. The lowest BCUT2D eigenvalue weighted by atomic mass is 10.1. The molecule has 0 heterocycles. The van der Waals surface area contributed by atoms with Crippen LogP contribution in [0.25, 0.3) is 0 Å². The van der Waals surface area contributed by atoms with Crippen LogP contribution >= 0.6 is 0 Å². The van der Waals surface area contributed by atoms with Gasteiger partial charge in [0.25, 0.3) is 6.18 Å². The van der Waals surface area contributed by atoms with Gasteiger partial charge in [0.15, 0.2) is 0 Å². The van der Waals surface area contributed by atoms with E-state index >= 15 is 0 Å². The van der Waals surface area contributed by atoms with Crippen LogP contribution in [-0.2, 0) is 10.1 Å². The second kappa shape index (κ2) is 7.06. The summed E-state index contributed by atoms with van der Waals surface area (Å²) in [7, 11) is 0. The molecule has 0 spiro atoms. The summed E-state index contributed by atoms with van der Waals surface area (Å²) in [4.78, 5) is 3.06. The van der Waals surface area contributed by atoms with Gasteiger partial charge in [-0.1, -0.05) is 50.4 Å². The fourth-order valence-corrected chi connectivity index (χ4v) is 1.12. The third-order valence-electron chi connectivity index (χ3n) is 1.92. The van der Waals surface area contributed by atoms with Gasteiger partial charge in [0, 0.05) is 0 Å². The molecule has 0 amide bonds. The number of unbranched alkanes of at least 4 members (excludes halogenated alkanes) is 4. The molecule has 5 heteroatoms. The van der Waals surface area contributed by atoms with Crippen LogP contribution in [0.3, 0.4) is 0 Å². The Morgan fingerprint density at radius 3 is 2.14 bits per heavy atom. The van der Waals surface area contributed by atoms with E-state index in [4.69, 9.17) is 0 Å². The van der Waals surface area contributed by atoms with Gasteiger partial charge >= 0.3 is 0 Å². The normalized spacial score (nSPS) is 12.4. The van der Waals surface area contributed by atoms with Crippen molar-refractivity contribution in [2.24, 2.45) is 0 Å². The van der Waals surface area contributed by atoms with Crippen LogP contribution in [0.15, 0.2) is 0 Å². The zero-order chi connectivity index (χ0) is 11.0. The third-order valence-corrected chi connectivity index (χ3v) is 1.92. The van der Waals surface area contributed by atoms with E-state index < -0.39 is 12.3 Å². The van der Waals surface area contributed by atoms with Crippen LogP contribution in [0.2, 0.25) is 0 Å². The minimum Gasteiger partial charge on any atom is -0.368 e. The molecule has 0 unspecified atom stereocenters. The zero-order valence-corrected chi connectivity index (χ0v) is 8.19. The van der Waals surface area contributed by atoms with Crippen LogP contribution < -0.4 is 0 Å². The third kappa shape index (κ3) is 6.21. The van der Waals surface area contributed by atoms with Gasteiger partial charge < -0.3 is 4.89 Å². The Morgan fingerprint density at radius 1 is 1.14 bits per heavy atom. The average molecular weight is 212 g/mol. The Kier molecular flexibility index (Phi) is 6.92. The summed E-state index contributed by atoms with van der Waals surface area (Å²) < 4.78 is 35.8. The summed E-state index contributed by atoms with van der Waals surface area (Å²) in [5.41, 5.74) is 0. The standard InChI is InChI=1S/C9H15F3O2/c1-2-3-4-5-6-7-8(14-13)9(10,11)12/h2-7H2,1H3/q-1. The minimum atomic E-state index is -4.60.